The Labute approximate surface area is 432 Å². The van der Waals surface area contributed by atoms with Crippen molar-refractivity contribution < 1.29 is 57.0 Å². The van der Waals surface area contributed by atoms with Gasteiger partial charge in [0.15, 0.2) is 17.3 Å². The Bertz CT molecular complexity index is 2380. The van der Waals surface area contributed by atoms with Gasteiger partial charge in [0, 0.05) is 73.7 Å². The van der Waals surface area contributed by atoms with Crippen molar-refractivity contribution in [3.63, 3.8) is 0 Å². The average molecular weight is 996 g/mol. The molecule has 0 radical (unpaired) electrons. The van der Waals surface area contributed by atoms with E-state index in [9.17, 15) is 14.4 Å². The summed E-state index contributed by atoms with van der Waals surface area (Å²) in [4.78, 5) is 37.3. The zero-order chi connectivity index (χ0) is 52.1. The van der Waals surface area contributed by atoms with Crippen molar-refractivity contribution in [1.82, 2.24) is 0 Å². The van der Waals surface area contributed by atoms with Gasteiger partial charge in [0.1, 0.15) is 17.2 Å². The molecule has 0 heterocycles. The lowest BCUT2D eigenvalue weighted by molar-refractivity contribution is -0.0679. The molecule has 6 rings (SSSR count). The number of ether oxygens (including phenoxy) is 9. The Kier molecular flexibility index (Phi) is 29.0. The number of carbonyl (C=O) groups is 3. The van der Waals surface area contributed by atoms with Crippen molar-refractivity contribution in [2.24, 2.45) is 0 Å². The normalized spacial score (nSPS) is 11.4. The van der Waals surface area contributed by atoms with E-state index in [0.717, 1.165) is 25.7 Å². The zero-order valence-corrected chi connectivity index (χ0v) is 42.7. The average Bonchev–Trinajstić information content (AvgIpc) is 3.44. The molecule has 6 aromatic rings. The SMILES string of the molecule is CCCOCC(CCOc1ccc(C(=O)c2ccccc2)cc1)OCC(CCOc1ccc(C(=O)c2ccccc2)cc1)OC.CCCOCCOCCOC.[CH+]=COc1ccc(C(=O)c2ccccc2)cc1. The van der Waals surface area contributed by atoms with Crippen LogP contribution in [0.3, 0.4) is 0 Å². The van der Waals surface area contributed by atoms with Crippen LogP contribution in [0.2, 0.25) is 0 Å². The second-order valence-electron chi connectivity index (χ2n) is 16.3. The molecule has 0 aromatic heterocycles. The molecule has 0 saturated heterocycles. The van der Waals surface area contributed by atoms with Gasteiger partial charge >= 0.3 is 6.26 Å². The van der Waals surface area contributed by atoms with Crippen LogP contribution < -0.4 is 14.2 Å². The van der Waals surface area contributed by atoms with Crippen LogP contribution in [-0.4, -0.2) is 110 Å². The maximum absolute atomic E-state index is 12.7. The minimum absolute atomic E-state index is 0.00567. The van der Waals surface area contributed by atoms with E-state index in [1.54, 1.807) is 74.9 Å². The van der Waals surface area contributed by atoms with Gasteiger partial charge in [0.25, 0.3) is 0 Å². The highest BCUT2D eigenvalue weighted by atomic mass is 16.6. The predicted molar refractivity (Wildman–Crippen MR) is 284 cm³/mol. The molecule has 0 bridgehead atoms. The minimum Gasteiger partial charge on any atom is -0.493 e. The molecule has 2 atom stereocenters. The number of benzene rings is 6. The van der Waals surface area contributed by atoms with Crippen LogP contribution in [0.25, 0.3) is 0 Å². The summed E-state index contributed by atoms with van der Waals surface area (Å²) in [5.41, 5.74) is 3.85. The van der Waals surface area contributed by atoms with E-state index in [4.69, 9.17) is 49.2 Å². The summed E-state index contributed by atoms with van der Waals surface area (Å²) in [7, 11) is 3.33. The lowest BCUT2D eigenvalue weighted by Gasteiger charge is -2.22. The molecule has 0 aliphatic heterocycles. The van der Waals surface area contributed by atoms with Crippen molar-refractivity contribution >= 4 is 17.3 Å². The third-order valence-corrected chi connectivity index (χ3v) is 10.7. The third-order valence-electron chi connectivity index (χ3n) is 10.7. The molecule has 386 valence electrons. The highest BCUT2D eigenvalue weighted by Gasteiger charge is 2.16. The summed E-state index contributed by atoms with van der Waals surface area (Å²) >= 11 is 0. The first-order valence-corrected chi connectivity index (χ1v) is 24.7. The standard InChI is InChI=1S/C38H42O7.C15H11O2.C8H18O3/c1-3-24-42-27-36(23-26-44-34-20-16-32(17-21-34)38(40)30-12-8-5-9-13-30)45-28-35(41-2)22-25-43-33-18-14-31(15-19-33)37(39)29-10-6-4-7-11-29;1-2-17-14-10-8-13(9-11-14)15(16)12-6-4-3-5-7-12;1-3-4-10-7-8-11-6-5-9-2/h4-21,35-36H,3,22-28H2,1-2H3;1-11H;3-8H2,1-2H3/q;+1;. The second kappa shape index (κ2) is 36.1. The quantitative estimate of drug-likeness (QED) is 0.0172. The number of hydrogen-bond acceptors (Lipinski definition) is 12. The first kappa shape index (κ1) is 58.7. The maximum Gasteiger partial charge on any atom is 0.330 e. The molecule has 0 aliphatic rings. The van der Waals surface area contributed by atoms with Crippen LogP contribution in [-0.2, 0) is 28.4 Å². The molecule has 2 unspecified atom stereocenters. The number of carbonyl (C=O) groups excluding carboxylic acids is 3. The van der Waals surface area contributed by atoms with Crippen molar-refractivity contribution in [1.29, 1.82) is 0 Å². The summed E-state index contributed by atoms with van der Waals surface area (Å²) in [5, 5.41) is 0. The molecule has 0 fully saturated rings. The Hall–Kier alpha value is -6.86. The van der Waals surface area contributed by atoms with Crippen molar-refractivity contribution in [2.75, 3.05) is 80.3 Å². The molecule has 0 N–H and O–H groups in total. The number of rotatable bonds is 32. The number of ketones is 3. The summed E-state index contributed by atoms with van der Waals surface area (Å²) in [6, 6.07) is 48.8. The van der Waals surface area contributed by atoms with E-state index in [1.807, 2.05) is 103 Å². The zero-order valence-electron chi connectivity index (χ0n) is 42.7. The Balaban J connectivity index is 0.000000334. The van der Waals surface area contributed by atoms with Gasteiger partial charge in [-0.2, -0.15) is 0 Å². The summed E-state index contributed by atoms with van der Waals surface area (Å²) in [5.74, 6) is 1.95. The maximum atomic E-state index is 12.7. The van der Waals surface area contributed by atoms with Gasteiger partial charge in [-0.15, -0.1) is 0 Å². The fraction of sp³-hybridized carbons (Fsp3) is 0.328. The third kappa shape index (κ3) is 23.1. The van der Waals surface area contributed by atoms with Crippen LogP contribution in [0.15, 0.2) is 170 Å². The van der Waals surface area contributed by atoms with E-state index < -0.39 is 0 Å². The van der Waals surface area contributed by atoms with E-state index in [1.165, 1.54) is 0 Å². The van der Waals surface area contributed by atoms with E-state index in [0.29, 0.717) is 123 Å². The van der Waals surface area contributed by atoms with Gasteiger partial charge in [-0.25, -0.2) is 0 Å². The molecule has 0 aliphatic carbocycles. The molecule has 0 saturated carbocycles. The van der Waals surface area contributed by atoms with Crippen molar-refractivity contribution in [3.05, 3.63) is 210 Å². The van der Waals surface area contributed by atoms with E-state index >= 15 is 0 Å². The second-order valence-corrected chi connectivity index (χ2v) is 16.3. The summed E-state index contributed by atoms with van der Waals surface area (Å²) < 4.78 is 49.7. The van der Waals surface area contributed by atoms with Crippen LogP contribution in [0.4, 0.5) is 0 Å². The first-order valence-electron chi connectivity index (χ1n) is 24.7. The van der Waals surface area contributed by atoms with Gasteiger partial charge in [-0.1, -0.05) is 105 Å². The molecule has 73 heavy (non-hydrogen) atoms. The van der Waals surface area contributed by atoms with Crippen molar-refractivity contribution in [3.8, 4) is 17.2 Å². The first-order chi connectivity index (χ1) is 35.8. The fourth-order valence-electron chi connectivity index (χ4n) is 6.75. The molecule has 12 heteroatoms. The Morgan fingerprint density at radius 2 is 0.795 bits per heavy atom. The lowest BCUT2D eigenvalue weighted by Crippen LogP contribution is -2.29. The monoisotopic (exact) mass is 995 g/mol. The van der Waals surface area contributed by atoms with Crippen LogP contribution in [0, 0.1) is 6.58 Å². The fourth-order valence-corrected chi connectivity index (χ4v) is 6.75. The van der Waals surface area contributed by atoms with Gasteiger partial charge in [-0.3, -0.25) is 14.4 Å². The van der Waals surface area contributed by atoms with Gasteiger partial charge in [0.2, 0.25) is 6.58 Å². The Morgan fingerprint density at radius 3 is 1.19 bits per heavy atom. The summed E-state index contributed by atoms with van der Waals surface area (Å²) in [6.07, 6.45) is 4.05. The molecular weight excluding hydrogens is 925 g/mol. The number of hydrogen-bond donors (Lipinski definition) is 0. The highest BCUT2D eigenvalue weighted by Crippen LogP contribution is 2.19. The smallest absolute Gasteiger partial charge is 0.330 e. The van der Waals surface area contributed by atoms with Crippen LogP contribution >= 0.6 is 0 Å². The lowest BCUT2D eigenvalue weighted by atomic mass is 10.0. The largest absolute Gasteiger partial charge is 0.493 e. The predicted octanol–water partition coefficient (Wildman–Crippen LogP) is 11.5. The van der Waals surface area contributed by atoms with Gasteiger partial charge in [-0.05, 0) is 85.6 Å². The topological polar surface area (TPSA) is 134 Å². The molecule has 6 aromatic carbocycles. The van der Waals surface area contributed by atoms with E-state index in [-0.39, 0.29) is 29.6 Å². The summed E-state index contributed by atoms with van der Waals surface area (Å²) in [6.45, 7) is 15.2. The highest BCUT2D eigenvalue weighted by molar-refractivity contribution is 6.10. The van der Waals surface area contributed by atoms with Crippen LogP contribution in [0.5, 0.6) is 17.2 Å². The van der Waals surface area contributed by atoms with Crippen LogP contribution in [0.1, 0.15) is 87.3 Å². The number of methoxy groups -OCH3 is 2. The molecule has 0 amide bonds. The molecule has 0 spiro atoms. The molecule has 12 nitrogen and oxygen atoms in total. The van der Waals surface area contributed by atoms with Gasteiger partial charge in [0.05, 0.1) is 65.1 Å². The Morgan fingerprint density at radius 1 is 0.425 bits per heavy atom. The van der Waals surface area contributed by atoms with Gasteiger partial charge < -0.3 is 42.6 Å². The van der Waals surface area contributed by atoms with E-state index in [2.05, 4.69) is 13.8 Å². The minimum atomic E-state index is -0.163. The van der Waals surface area contributed by atoms with Crippen molar-refractivity contribution in [2.45, 2.75) is 51.7 Å². The molecular formula is C61H71O12+.